The molecule has 0 spiro atoms. The Morgan fingerprint density at radius 2 is 1.32 bits per heavy atom. The molecule has 37 heavy (non-hydrogen) atoms. The van der Waals surface area contributed by atoms with E-state index in [9.17, 15) is 10.0 Å². The number of hydrogen-bond donors (Lipinski definition) is 2. The Kier molecular flexibility index (Phi) is 4.75. The van der Waals surface area contributed by atoms with E-state index in [1.165, 1.54) is 38.5 Å². The molecule has 178 valence electrons. The van der Waals surface area contributed by atoms with Gasteiger partial charge in [-0.05, 0) is 69.2 Å². The van der Waals surface area contributed by atoms with Crippen LogP contribution in [0.5, 0.6) is 0 Å². The van der Waals surface area contributed by atoms with Crippen LogP contribution in [0, 0.1) is 0 Å². The summed E-state index contributed by atoms with van der Waals surface area (Å²) in [5.74, 6) is 0. The van der Waals surface area contributed by atoms with Crippen molar-refractivity contribution < 1.29 is 10.0 Å². The van der Waals surface area contributed by atoms with Crippen molar-refractivity contribution in [3.8, 4) is 27.9 Å². The second kappa shape index (κ2) is 7.94. The molecule has 0 bridgehead atoms. The van der Waals surface area contributed by atoms with Crippen molar-refractivity contribution in [2.45, 2.75) is 19.3 Å². The number of benzene rings is 5. The quantitative estimate of drug-likeness (QED) is 0.287. The van der Waals surface area contributed by atoms with E-state index in [4.69, 9.17) is 0 Å². The molecule has 0 unspecified atom stereocenters. The van der Waals surface area contributed by atoms with Crippen LogP contribution in [0.1, 0.15) is 25.0 Å². The third kappa shape index (κ3) is 3.23. The first-order valence-electron chi connectivity index (χ1n) is 12.7. The first kappa shape index (κ1) is 22.1. The van der Waals surface area contributed by atoms with Crippen molar-refractivity contribution in [1.29, 1.82) is 0 Å². The summed E-state index contributed by atoms with van der Waals surface area (Å²) in [4.78, 5) is 0. The minimum atomic E-state index is -1.49. The number of para-hydroxylation sites is 1. The summed E-state index contributed by atoms with van der Waals surface area (Å²) < 4.78 is 2.36. The summed E-state index contributed by atoms with van der Waals surface area (Å²) in [6, 6.07) is 38.0. The van der Waals surface area contributed by atoms with E-state index in [1.807, 2.05) is 24.3 Å². The minimum Gasteiger partial charge on any atom is -0.423 e. The Hall–Kier alpha value is -4.12. The smallest absolute Gasteiger partial charge is 0.423 e. The largest absolute Gasteiger partial charge is 0.488 e. The van der Waals surface area contributed by atoms with Crippen LogP contribution in [0.4, 0.5) is 0 Å². The van der Waals surface area contributed by atoms with Gasteiger partial charge in [0.05, 0.1) is 11.0 Å². The van der Waals surface area contributed by atoms with E-state index in [2.05, 4.69) is 97.3 Å². The van der Waals surface area contributed by atoms with Crippen LogP contribution in [-0.2, 0) is 5.41 Å². The molecule has 1 aliphatic carbocycles. The highest BCUT2D eigenvalue weighted by molar-refractivity contribution is 6.58. The first-order chi connectivity index (χ1) is 17.9. The van der Waals surface area contributed by atoms with Gasteiger partial charge in [-0.1, -0.05) is 92.7 Å². The van der Waals surface area contributed by atoms with Gasteiger partial charge >= 0.3 is 7.12 Å². The Bertz CT molecular complexity index is 1830. The maximum absolute atomic E-state index is 9.70. The highest BCUT2D eigenvalue weighted by Gasteiger charge is 2.36. The molecule has 4 heteroatoms. The average Bonchev–Trinajstić information content (AvgIpc) is 3.36. The number of hydrogen-bond acceptors (Lipinski definition) is 2. The third-order valence-electron chi connectivity index (χ3n) is 8.00. The molecule has 1 heterocycles. The Labute approximate surface area is 216 Å². The minimum absolute atomic E-state index is 0.0746. The molecule has 5 aromatic carbocycles. The Morgan fingerprint density at radius 1 is 0.595 bits per heavy atom. The van der Waals surface area contributed by atoms with Gasteiger partial charge < -0.3 is 14.6 Å². The lowest BCUT2D eigenvalue weighted by Gasteiger charge is -2.21. The molecule has 2 N–H and O–H groups in total. The maximum atomic E-state index is 9.70. The molecule has 1 aromatic heterocycles. The van der Waals surface area contributed by atoms with Gasteiger partial charge in [-0.15, -0.1) is 0 Å². The number of nitrogens with zero attached hydrogens (tertiary/aromatic N) is 1. The molecule has 0 radical (unpaired) electrons. The standard InChI is InChI=1S/C33H26BNO2/c1-33(2)29-14-7-6-13-25(29)27-19-28-26-16-15-22(21-9-8-10-23(17-21)34(36)37)18-31(26)35(32(28)20-30(27)33)24-11-4-3-5-12-24/h3-20,36-37H,1-2H3. The van der Waals surface area contributed by atoms with Crippen molar-refractivity contribution in [2.75, 3.05) is 0 Å². The number of aromatic nitrogens is 1. The maximum Gasteiger partial charge on any atom is 0.488 e. The molecule has 0 amide bonds. The SMILES string of the molecule is CC1(C)c2ccccc2-c2cc3c4ccc(-c5cccc(B(O)O)c5)cc4n(-c4ccccc4)c3cc21. The van der Waals surface area contributed by atoms with Crippen molar-refractivity contribution >= 4 is 34.4 Å². The lowest BCUT2D eigenvalue weighted by Crippen LogP contribution is -2.29. The van der Waals surface area contributed by atoms with E-state index >= 15 is 0 Å². The topological polar surface area (TPSA) is 45.4 Å². The summed E-state index contributed by atoms with van der Waals surface area (Å²) in [6.07, 6.45) is 0. The molecule has 3 nitrogen and oxygen atoms in total. The van der Waals surface area contributed by atoms with Crippen LogP contribution in [0.25, 0.3) is 49.7 Å². The van der Waals surface area contributed by atoms with Crippen molar-refractivity contribution in [2.24, 2.45) is 0 Å². The molecular formula is C33H26BNO2. The van der Waals surface area contributed by atoms with Crippen molar-refractivity contribution in [3.05, 3.63) is 120 Å². The average molecular weight is 479 g/mol. The summed E-state index contributed by atoms with van der Waals surface area (Å²) in [5, 5.41) is 21.8. The van der Waals surface area contributed by atoms with Crippen LogP contribution in [-0.4, -0.2) is 21.7 Å². The Balaban J connectivity index is 1.55. The fraction of sp³-hybridized carbons (Fsp3) is 0.0909. The van der Waals surface area contributed by atoms with Gasteiger partial charge in [0.25, 0.3) is 0 Å². The van der Waals surface area contributed by atoms with E-state index in [1.54, 1.807) is 6.07 Å². The second-order valence-corrected chi connectivity index (χ2v) is 10.5. The van der Waals surface area contributed by atoms with Gasteiger partial charge in [0, 0.05) is 21.9 Å². The zero-order valence-corrected chi connectivity index (χ0v) is 20.8. The molecule has 0 fully saturated rings. The van der Waals surface area contributed by atoms with Crippen molar-refractivity contribution in [3.63, 3.8) is 0 Å². The van der Waals surface area contributed by atoms with E-state index in [-0.39, 0.29) is 5.41 Å². The Morgan fingerprint density at radius 3 is 2.14 bits per heavy atom. The molecule has 1 aliphatic rings. The molecule has 0 atom stereocenters. The number of rotatable bonds is 3. The summed E-state index contributed by atoms with van der Waals surface area (Å²) in [5.41, 5.74) is 11.2. The van der Waals surface area contributed by atoms with Gasteiger partial charge in [-0.2, -0.15) is 0 Å². The van der Waals surface area contributed by atoms with E-state index in [0.29, 0.717) is 5.46 Å². The number of fused-ring (bicyclic) bond motifs is 6. The fourth-order valence-electron chi connectivity index (χ4n) is 6.12. The molecule has 7 rings (SSSR count). The summed E-state index contributed by atoms with van der Waals surface area (Å²) >= 11 is 0. The van der Waals surface area contributed by atoms with Crippen LogP contribution in [0.3, 0.4) is 0 Å². The highest BCUT2D eigenvalue weighted by atomic mass is 16.4. The zero-order valence-electron chi connectivity index (χ0n) is 20.8. The lowest BCUT2D eigenvalue weighted by molar-refractivity contribution is 0.426. The zero-order chi connectivity index (χ0) is 25.3. The molecular weight excluding hydrogens is 453 g/mol. The first-order valence-corrected chi connectivity index (χ1v) is 12.7. The molecule has 6 aromatic rings. The van der Waals surface area contributed by atoms with Gasteiger partial charge in [-0.3, -0.25) is 0 Å². The van der Waals surface area contributed by atoms with Crippen LogP contribution >= 0.6 is 0 Å². The van der Waals surface area contributed by atoms with Crippen LogP contribution in [0.15, 0.2) is 109 Å². The van der Waals surface area contributed by atoms with Gasteiger partial charge in [-0.25, -0.2) is 0 Å². The van der Waals surface area contributed by atoms with E-state index in [0.717, 1.165) is 22.3 Å². The van der Waals surface area contributed by atoms with Crippen molar-refractivity contribution in [1.82, 2.24) is 4.57 Å². The molecule has 0 saturated heterocycles. The van der Waals surface area contributed by atoms with E-state index < -0.39 is 7.12 Å². The highest BCUT2D eigenvalue weighted by Crippen LogP contribution is 2.51. The monoisotopic (exact) mass is 479 g/mol. The predicted molar refractivity (Wildman–Crippen MR) is 154 cm³/mol. The summed E-state index contributed by atoms with van der Waals surface area (Å²) in [7, 11) is -1.49. The fourth-order valence-corrected chi connectivity index (χ4v) is 6.12. The van der Waals surface area contributed by atoms with Gasteiger partial charge in [0.1, 0.15) is 0 Å². The normalized spacial score (nSPS) is 13.6. The van der Waals surface area contributed by atoms with Crippen LogP contribution in [0.2, 0.25) is 0 Å². The van der Waals surface area contributed by atoms with Gasteiger partial charge in [0.2, 0.25) is 0 Å². The lowest BCUT2D eigenvalue weighted by atomic mass is 9.79. The second-order valence-electron chi connectivity index (χ2n) is 10.5. The summed E-state index contributed by atoms with van der Waals surface area (Å²) in [6.45, 7) is 4.64. The predicted octanol–water partition coefficient (Wildman–Crippen LogP) is 6.44. The molecule has 0 aliphatic heterocycles. The molecule has 0 saturated carbocycles. The van der Waals surface area contributed by atoms with Gasteiger partial charge in [0.15, 0.2) is 0 Å². The van der Waals surface area contributed by atoms with Crippen LogP contribution < -0.4 is 5.46 Å². The third-order valence-corrected chi connectivity index (χ3v) is 8.00.